The number of hydrogen-bond acceptors (Lipinski definition) is 3. The maximum atomic E-state index is 13.5. The van der Waals surface area contributed by atoms with Crippen molar-refractivity contribution < 1.29 is 4.79 Å². The molecular formula is C28H40ClN3O. The SMILES string of the molecule is C=CCNCCCCNCC1CCN(C(=O)C(Cc2ccccc2)c2ccccc2)CC1.Cl. The average molecular weight is 470 g/mol. The molecule has 4 nitrogen and oxygen atoms in total. The Morgan fingerprint density at radius 3 is 2.21 bits per heavy atom. The molecule has 180 valence electrons. The standard InChI is InChI=1S/C28H39N3O.ClH/c1-2-17-29-18-9-10-19-30-23-25-15-20-31(21-16-25)28(32)27(26-13-7-4-8-14-26)22-24-11-5-3-6-12-24;/h2-8,11-14,25,27,29-30H,1,9-10,15-23H2;1H. The van der Waals surface area contributed by atoms with Gasteiger partial charge in [0.2, 0.25) is 5.91 Å². The molecule has 1 heterocycles. The highest BCUT2D eigenvalue weighted by molar-refractivity contribution is 5.85. The third-order valence-corrected chi connectivity index (χ3v) is 6.39. The van der Waals surface area contributed by atoms with Gasteiger partial charge in [-0.2, -0.15) is 0 Å². The minimum atomic E-state index is -0.108. The number of unbranched alkanes of at least 4 members (excludes halogenated alkanes) is 1. The Hall–Kier alpha value is -2.14. The summed E-state index contributed by atoms with van der Waals surface area (Å²) in [6.45, 7) is 9.54. The molecule has 0 aliphatic carbocycles. The van der Waals surface area contributed by atoms with E-state index in [0.717, 1.165) is 64.1 Å². The molecular weight excluding hydrogens is 430 g/mol. The Morgan fingerprint density at radius 2 is 1.58 bits per heavy atom. The first-order valence-electron chi connectivity index (χ1n) is 12.2. The average Bonchev–Trinajstić information content (AvgIpc) is 2.85. The van der Waals surface area contributed by atoms with Crippen molar-refractivity contribution in [1.82, 2.24) is 15.5 Å². The Morgan fingerprint density at radius 1 is 0.970 bits per heavy atom. The third-order valence-electron chi connectivity index (χ3n) is 6.39. The van der Waals surface area contributed by atoms with E-state index in [4.69, 9.17) is 0 Å². The van der Waals surface area contributed by atoms with Gasteiger partial charge in [0.25, 0.3) is 0 Å². The van der Waals surface area contributed by atoms with Gasteiger partial charge in [-0.25, -0.2) is 0 Å². The lowest BCUT2D eigenvalue weighted by Crippen LogP contribution is -2.43. The number of likely N-dealkylation sites (tertiary alicyclic amines) is 1. The van der Waals surface area contributed by atoms with Crippen molar-refractivity contribution >= 4 is 18.3 Å². The van der Waals surface area contributed by atoms with Gasteiger partial charge in [-0.05, 0) is 68.8 Å². The van der Waals surface area contributed by atoms with Gasteiger partial charge in [-0.1, -0.05) is 66.7 Å². The maximum absolute atomic E-state index is 13.5. The minimum absolute atomic E-state index is 0. The Bertz CT molecular complexity index is 791. The zero-order chi connectivity index (χ0) is 22.4. The summed E-state index contributed by atoms with van der Waals surface area (Å²) < 4.78 is 0. The van der Waals surface area contributed by atoms with Crippen LogP contribution in [0.1, 0.15) is 42.7 Å². The van der Waals surface area contributed by atoms with E-state index in [0.29, 0.717) is 5.92 Å². The number of rotatable bonds is 13. The number of piperidine rings is 1. The number of benzene rings is 2. The van der Waals surface area contributed by atoms with E-state index in [-0.39, 0.29) is 24.2 Å². The smallest absolute Gasteiger partial charge is 0.230 e. The lowest BCUT2D eigenvalue weighted by atomic mass is 9.89. The van der Waals surface area contributed by atoms with E-state index in [1.807, 2.05) is 30.3 Å². The van der Waals surface area contributed by atoms with Crippen molar-refractivity contribution in [2.45, 2.75) is 38.0 Å². The lowest BCUT2D eigenvalue weighted by molar-refractivity contribution is -0.134. The van der Waals surface area contributed by atoms with Crippen LogP contribution in [0.2, 0.25) is 0 Å². The predicted octanol–water partition coefficient (Wildman–Crippen LogP) is 4.82. The molecule has 1 amide bonds. The number of nitrogens with zero attached hydrogens (tertiary/aromatic N) is 1. The highest BCUT2D eigenvalue weighted by Gasteiger charge is 2.29. The number of hydrogen-bond donors (Lipinski definition) is 2. The van der Waals surface area contributed by atoms with Gasteiger partial charge in [0.05, 0.1) is 5.92 Å². The predicted molar refractivity (Wildman–Crippen MR) is 141 cm³/mol. The Kier molecular flexibility index (Phi) is 12.9. The van der Waals surface area contributed by atoms with Crippen LogP contribution in [0, 0.1) is 5.92 Å². The maximum Gasteiger partial charge on any atom is 0.230 e. The first kappa shape index (κ1) is 27.1. The van der Waals surface area contributed by atoms with E-state index >= 15 is 0 Å². The van der Waals surface area contributed by atoms with Gasteiger partial charge in [0.1, 0.15) is 0 Å². The molecule has 1 aliphatic rings. The highest BCUT2D eigenvalue weighted by Crippen LogP contribution is 2.26. The monoisotopic (exact) mass is 469 g/mol. The summed E-state index contributed by atoms with van der Waals surface area (Å²) >= 11 is 0. The summed E-state index contributed by atoms with van der Waals surface area (Å²) in [6.07, 6.45) is 7.22. The van der Waals surface area contributed by atoms with Crippen molar-refractivity contribution in [2.75, 3.05) is 39.3 Å². The van der Waals surface area contributed by atoms with Gasteiger partial charge in [0.15, 0.2) is 0 Å². The molecule has 0 radical (unpaired) electrons. The van der Waals surface area contributed by atoms with Crippen molar-refractivity contribution in [3.63, 3.8) is 0 Å². The van der Waals surface area contributed by atoms with Crippen LogP contribution in [-0.4, -0.2) is 50.1 Å². The van der Waals surface area contributed by atoms with Crippen molar-refractivity contribution in [1.29, 1.82) is 0 Å². The first-order valence-corrected chi connectivity index (χ1v) is 12.2. The fourth-order valence-electron chi connectivity index (χ4n) is 4.47. The van der Waals surface area contributed by atoms with Crippen LogP contribution >= 0.6 is 12.4 Å². The molecule has 5 heteroatoms. The van der Waals surface area contributed by atoms with Gasteiger partial charge in [-0.3, -0.25) is 4.79 Å². The molecule has 1 unspecified atom stereocenters. The fraction of sp³-hybridized carbons (Fsp3) is 0.464. The molecule has 0 bridgehead atoms. The van der Waals surface area contributed by atoms with E-state index in [9.17, 15) is 4.79 Å². The Labute approximate surface area is 206 Å². The van der Waals surface area contributed by atoms with Gasteiger partial charge in [-0.15, -0.1) is 19.0 Å². The summed E-state index contributed by atoms with van der Waals surface area (Å²) in [7, 11) is 0. The minimum Gasteiger partial charge on any atom is -0.342 e. The third kappa shape index (κ3) is 9.32. The molecule has 0 saturated carbocycles. The number of nitrogens with one attached hydrogen (secondary N) is 2. The van der Waals surface area contributed by atoms with Crippen LogP contribution in [-0.2, 0) is 11.2 Å². The number of carbonyl (C=O) groups excluding carboxylic acids is 1. The lowest BCUT2D eigenvalue weighted by Gasteiger charge is -2.34. The van der Waals surface area contributed by atoms with Gasteiger partial charge < -0.3 is 15.5 Å². The van der Waals surface area contributed by atoms with Crippen LogP contribution in [0.3, 0.4) is 0 Å². The molecule has 33 heavy (non-hydrogen) atoms. The number of halogens is 1. The van der Waals surface area contributed by atoms with E-state index < -0.39 is 0 Å². The van der Waals surface area contributed by atoms with Crippen molar-refractivity contribution in [2.24, 2.45) is 5.92 Å². The molecule has 1 fully saturated rings. The van der Waals surface area contributed by atoms with Crippen LogP contribution in [0.15, 0.2) is 73.3 Å². The van der Waals surface area contributed by atoms with E-state index in [2.05, 4.69) is 58.5 Å². The van der Waals surface area contributed by atoms with E-state index in [1.165, 1.54) is 18.4 Å². The molecule has 0 aromatic heterocycles. The number of amides is 1. The summed E-state index contributed by atoms with van der Waals surface area (Å²) in [6, 6.07) is 20.7. The zero-order valence-corrected chi connectivity index (χ0v) is 20.6. The van der Waals surface area contributed by atoms with Crippen molar-refractivity contribution in [3.05, 3.63) is 84.4 Å². The molecule has 2 aromatic rings. The summed E-state index contributed by atoms with van der Waals surface area (Å²) in [5.74, 6) is 0.837. The summed E-state index contributed by atoms with van der Waals surface area (Å²) in [5, 5.41) is 6.96. The molecule has 1 saturated heterocycles. The summed E-state index contributed by atoms with van der Waals surface area (Å²) in [4.78, 5) is 15.6. The van der Waals surface area contributed by atoms with E-state index in [1.54, 1.807) is 0 Å². The second-order valence-corrected chi connectivity index (χ2v) is 8.83. The molecule has 1 atom stereocenters. The van der Waals surface area contributed by atoms with Gasteiger partial charge in [0, 0.05) is 19.6 Å². The topological polar surface area (TPSA) is 44.4 Å². The quantitative estimate of drug-likeness (QED) is 0.326. The molecule has 0 spiro atoms. The Balaban J connectivity index is 0.00000385. The molecule has 2 aromatic carbocycles. The fourth-order valence-corrected chi connectivity index (χ4v) is 4.47. The first-order chi connectivity index (χ1) is 15.8. The zero-order valence-electron chi connectivity index (χ0n) is 19.8. The molecule has 1 aliphatic heterocycles. The molecule has 3 rings (SSSR count). The normalized spacial score (nSPS) is 15.0. The number of carbonyl (C=O) groups is 1. The summed E-state index contributed by atoms with van der Waals surface area (Å²) in [5.41, 5.74) is 2.33. The highest BCUT2D eigenvalue weighted by atomic mass is 35.5. The van der Waals surface area contributed by atoms with Crippen LogP contribution < -0.4 is 10.6 Å². The van der Waals surface area contributed by atoms with Crippen LogP contribution in [0.25, 0.3) is 0 Å². The van der Waals surface area contributed by atoms with Crippen molar-refractivity contribution in [3.8, 4) is 0 Å². The van der Waals surface area contributed by atoms with Crippen LogP contribution in [0.4, 0.5) is 0 Å². The second kappa shape index (κ2) is 15.7. The second-order valence-electron chi connectivity index (χ2n) is 8.83. The largest absolute Gasteiger partial charge is 0.342 e. The van der Waals surface area contributed by atoms with Crippen LogP contribution in [0.5, 0.6) is 0 Å². The molecule has 2 N–H and O–H groups in total. The van der Waals surface area contributed by atoms with Gasteiger partial charge >= 0.3 is 0 Å².